The Kier molecular flexibility index (Phi) is 5.61. The molecule has 1 fully saturated rings. The van der Waals surface area contributed by atoms with E-state index in [1.807, 2.05) is 18.2 Å². The van der Waals surface area contributed by atoms with Gasteiger partial charge in [-0.25, -0.2) is 13.8 Å². The molecule has 5 nitrogen and oxygen atoms in total. The van der Waals surface area contributed by atoms with Crippen molar-refractivity contribution < 1.29 is 18.3 Å². The van der Waals surface area contributed by atoms with E-state index in [1.165, 1.54) is 29.3 Å². The number of alkyl halides is 2. The Hall–Kier alpha value is -2.97. The molecule has 0 saturated heterocycles. The summed E-state index contributed by atoms with van der Waals surface area (Å²) in [6.45, 7) is 1.94. The maximum Gasteiger partial charge on any atom is 0.275 e. The van der Waals surface area contributed by atoms with Crippen LogP contribution in [0.1, 0.15) is 19.8 Å². The van der Waals surface area contributed by atoms with Crippen molar-refractivity contribution in [2.45, 2.75) is 25.7 Å². The molecule has 176 valence electrons. The predicted octanol–water partition coefficient (Wildman–Crippen LogP) is 6.59. The molecule has 9 heteroatoms. The number of thiophene rings is 1. The fraction of sp³-hybridized carbons (Fsp3) is 0.280. The topological polar surface area (TPSA) is 53.4 Å². The number of fused-ring (bicyclic) bond motifs is 1. The first-order valence-electron chi connectivity index (χ1n) is 10.6. The second-order valence-electron chi connectivity index (χ2n) is 8.90. The molecule has 0 atom stereocenters. The van der Waals surface area contributed by atoms with Crippen molar-refractivity contribution in [2.24, 2.45) is 5.41 Å². The van der Waals surface area contributed by atoms with Gasteiger partial charge in [0.1, 0.15) is 11.0 Å². The van der Waals surface area contributed by atoms with Crippen LogP contribution in [-0.4, -0.2) is 29.2 Å². The molecule has 4 aromatic rings. The van der Waals surface area contributed by atoms with Gasteiger partial charge in [0.05, 0.1) is 24.9 Å². The summed E-state index contributed by atoms with van der Waals surface area (Å²) in [5, 5.41) is 0.645. The minimum absolute atomic E-state index is 0.161. The highest BCUT2D eigenvalue weighted by Crippen LogP contribution is 2.52. The summed E-state index contributed by atoms with van der Waals surface area (Å²) in [5.41, 5.74) is 1.37. The third kappa shape index (κ3) is 4.28. The normalized spacial score (nSPS) is 16.3. The van der Waals surface area contributed by atoms with Crippen LogP contribution in [0.5, 0.6) is 11.5 Å². The number of nitrogens with zero attached hydrogens (tertiary/aromatic N) is 2. The minimum atomic E-state index is -2.62. The lowest BCUT2D eigenvalue weighted by atomic mass is 9.68. The van der Waals surface area contributed by atoms with E-state index in [-0.39, 0.29) is 25.0 Å². The van der Waals surface area contributed by atoms with Crippen LogP contribution < -0.4 is 15.0 Å². The molecule has 1 saturated carbocycles. The molecule has 0 spiro atoms. The van der Waals surface area contributed by atoms with Gasteiger partial charge in [-0.1, -0.05) is 30.7 Å². The smallest absolute Gasteiger partial charge is 0.275 e. The van der Waals surface area contributed by atoms with Gasteiger partial charge in [0, 0.05) is 34.2 Å². The van der Waals surface area contributed by atoms with Gasteiger partial charge < -0.3 is 9.47 Å². The average Bonchev–Trinajstić information content (AvgIpc) is 3.22. The van der Waals surface area contributed by atoms with E-state index in [0.29, 0.717) is 32.4 Å². The van der Waals surface area contributed by atoms with Crippen LogP contribution in [0.3, 0.4) is 0 Å². The highest BCUT2D eigenvalue weighted by molar-refractivity contribution is 7.22. The Morgan fingerprint density at radius 3 is 2.53 bits per heavy atom. The summed E-state index contributed by atoms with van der Waals surface area (Å²) in [6.07, 6.45) is 1.09. The summed E-state index contributed by atoms with van der Waals surface area (Å²) >= 11 is 7.35. The van der Waals surface area contributed by atoms with E-state index in [0.717, 1.165) is 10.4 Å². The van der Waals surface area contributed by atoms with Crippen molar-refractivity contribution in [1.82, 2.24) is 9.55 Å². The largest absolute Gasteiger partial charge is 0.493 e. The van der Waals surface area contributed by atoms with Crippen molar-refractivity contribution in [1.29, 1.82) is 0 Å². The predicted molar refractivity (Wildman–Crippen MR) is 130 cm³/mol. The molecule has 0 amide bonds. The summed E-state index contributed by atoms with van der Waals surface area (Å²) in [5.74, 6) is -1.77. The lowest BCUT2D eigenvalue weighted by molar-refractivity contribution is -0.164. The highest BCUT2D eigenvalue weighted by Gasteiger charge is 2.54. The summed E-state index contributed by atoms with van der Waals surface area (Å²) < 4.78 is 39.8. The number of methoxy groups -OCH3 is 1. The first-order valence-corrected chi connectivity index (χ1v) is 11.8. The van der Waals surface area contributed by atoms with Crippen molar-refractivity contribution in [3.8, 4) is 27.6 Å². The highest BCUT2D eigenvalue weighted by atomic mass is 35.5. The minimum Gasteiger partial charge on any atom is -0.493 e. The molecule has 1 aliphatic rings. The Balaban J connectivity index is 1.43. The molecule has 0 radical (unpaired) electrons. The summed E-state index contributed by atoms with van der Waals surface area (Å²) in [7, 11) is 1.49. The molecule has 1 aliphatic carbocycles. The molecular formula is C25H21ClF2N2O3S. The van der Waals surface area contributed by atoms with E-state index in [9.17, 15) is 13.6 Å². The number of rotatable bonds is 6. The van der Waals surface area contributed by atoms with Crippen molar-refractivity contribution >= 4 is 33.2 Å². The van der Waals surface area contributed by atoms with Gasteiger partial charge in [0.25, 0.3) is 5.56 Å². The zero-order valence-corrected chi connectivity index (χ0v) is 20.1. The molecule has 2 heterocycles. The second-order valence-corrected chi connectivity index (χ2v) is 10.4. The van der Waals surface area contributed by atoms with Gasteiger partial charge in [0.15, 0.2) is 11.5 Å². The van der Waals surface area contributed by atoms with E-state index in [1.54, 1.807) is 37.3 Å². The van der Waals surface area contributed by atoms with Gasteiger partial charge in [-0.2, -0.15) is 0 Å². The quantitative estimate of drug-likeness (QED) is 0.298. The standard InChI is InChI=1S/C25H21ClF2N2O3S/c1-24(11-25(27,28)12-24)13-33-19-8-7-17(9-20(19)32-2)30-14-29-18-10-21(34-22(18)23(30)31)15-3-5-16(26)6-4-15/h3-10,14H,11-13H2,1-2H3. The Morgan fingerprint density at radius 2 is 1.85 bits per heavy atom. The van der Waals surface area contributed by atoms with Gasteiger partial charge in [-0.3, -0.25) is 9.36 Å². The zero-order valence-electron chi connectivity index (χ0n) is 18.5. The Labute approximate surface area is 203 Å². The van der Waals surface area contributed by atoms with Crippen LogP contribution in [-0.2, 0) is 0 Å². The Morgan fingerprint density at radius 1 is 1.12 bits per heavy atom. The lowest BCUT2D eigenvalue weighted by Crippen LogP contribution is -2.47. The first-order chi connectivity index (χ1) is 16.2. The fourth-order valence-electron chi connectivity index (χ4n) is 4.33. The first kappa shape index (κ1) is 22.8. The number of hydrogen-bond donors (Lipinski definition) is 0. The van der Waals surface area contributed by atoms with Crippen LogP contribution in [0.4, 0.5) is 8.78 Å². The van der Waals surface area contributed by atoms with Crippen molar-refractivity contribution in [2.75, 3.05) is 13.7 Å². The van der Waals surface area contributed by atoms with Crippen molar-refractivity contribution in [3.63, 3.8) is 0 Å². The van der Waals surface area contributed by atoms with Gasteiger partial charge >= 0.3 is 0 Å². The van der Waals surface area contributed by atoms with E-state index >= 15 is 0 Å². The van der Waals surface area contributed by atoms with E-state index < -0.39 is 11.3 Å². The molecule has 0 unspecified atom stereocenters. The van der Waals surface area contributed by atoms with Gasteiger partial charge in [-0.15, -0.1) is 11.3 Å². The molecular weight excluding hydrogens is 482 g/mol. The van der Waals surface area contributed by atoms with Gasteiger partial charge in [0.2, 0.25) is 5.92 Å². The SMILES string of the molecule is COc1cc(-n2cnc3cc(-c4ccc(Cl)cc4)sc3c2=O)ccc1OCC1(C)CC(F)(F)C1. The third-order valence-corrected chi connectivity index (χ3v) is 7.35. The third-order valence-electron chi connectivity index (χ3n) is 5.94. The molecule has 2 aromatic carbocycles. The maximum atomic E-state index is 13.3. The van der Waals surface area contributed by atoms with Gasteiger partial charge in [-0.05, 0) is 35.9 Å². The van der Waals surface area contributed by atoms with Crippen molar-refractivity contribution in [3.05, 3.63) is 70.2 Å². The van der Waals surface area contributed by atoms with E-state index in [2.05, 4.69) is 4.98 Å². The Bertz CT molecular complexity index is 1420. The molecule has 34 heavy (non-hydrogen) atoms. The number of ether oxygens (including phenoxy) is 2. The molecule has 5 rings (SSSR count). The summed E-state index contributed by atoms with van der Waals surface area (Å²) in [6, 6.07) is 14.4. The number of hydrogen-bond acceptors (Lipinski definition) is 5. The molecule has 2 aromatic heterocycles. The molecule has 0 N–H and O–H groups in total. The molecule has 0 aliphatic heterocycles. The monoisotopic (exact) mass is 502 g/mol. The number of aromatic nitrogens is 2. The second kappa shape index (κ2) is 8.36. The van der Waals surface area contributed by atoms with Crippen LogP contribution >= 0.6 is 22.9 Å². The number of halogens is 3. The number of benzene rings is 2. The van der Waals surface area contributed by atoms with Crippen LogP contribution in [0, 0.1) is 5.41 Å². The maximum absolute atomic E-state index is 13.3. The zero-order chi connectivity index (χ0) is 24.1. The van der Waals surface area contributed by atoms with Crippen LogP contribution in [0.25, 0.3) is 26.3 Å². The molecule has 0 bridgehead atoms. The average molecular weight is 503 g/mol. The van der Waals surface area contributed by atoms with Crippen LogP contribution in [0.15, 0.2) is 59.7 Å². The fourth-order valence-corrected chi connectivity index (χ4v) is 5.50. The van der Waals surface area contributed by atoms with E-state index in [4.69, 9.17) is 21.1 Å². The lowest BCUT2D eigenvalue weighted by Gasteiger charge is -2.44. The summed E-state index contributed by atoms with van der Waals surface area (Å²) in [4.78, 5) is 18.6. The van der Waals surface area contributed by atoms with Crippen LogP contribution in [0.2, 0.25) is 5.02 Å².